The molecule has 0 spiro atoms. The summed E-state index contributed by atoms with van der Waals surface area (Å²) in [6.07, 6.45) is 20.0. The fourth-order valence-corrected chi connectivity index (χ4v) is 1.99. The van der Waals surface area contributed by atoms with E-state index < -0.39 is 5.97 Å². The molecule has 1 atom stereocenters. The molecule has 23 heavy (non-hydrogen) atoms. The first-order chi connectivity index (χ1) is 11.2. The molecule has 0 heterocycles. The van der Waals surface area contributed by atoms with Gasteiger partial charge in [0.15, 0.2) is 0 Å². The second kappa shape index (κ2) is 17.0. The van der Waals surface area contributed by atoms with Crippen molar-refractivity contribution in [3.05, 3.63) is 36.5 Å². The maximum atomic E-state index is 10.2. The summed E-state index contributed by atoms with van der Waals surface area (Å²) >= 11 is 0. The molecule has 0 saturated heterocycles. The standard InChI is InChI=1S/C19H32O4/c1-2-3-11-14-18(20)15-12-9-7-5-4-6-8-10-13-16-23-17-19(21)22/h7,9-10,12-13,15,18,20H,2-6,8,11,14,16-17H2,1H3,(H,21,22)/b9-7+,13-10+,15-12+. The van der Waals surface area contributed by atoms with Crippen molar-refractivity contribution < 1.29 is 19.7 Å². The summed E-state index contributed by atoms with van der Waals surface area (Å²) in [5, 5.41) is 18.1. The molecule has 0 aromatic carbocycles. The zero-order valence-electron chi connectivity index (χ0n) is 14.3. The van der Waals surface area contributed by atoms with Gasteiger partial charge in [0.05, 0.1) is 12.7 Å². The molecule has 0 radical (unpaired) electrons. The van der Waals surface area contributed by atoms with Gasteiger partial charge in [0.1, 0.15) is 6.61 Å². The fourth-order valence-electron chi connectivity index (χ4n) is 1.99. The van der Waals surface area contributed by atoms with Gasteiger partial charge in [-0.05, 0) is 32.1 Å². The summed E-state index contributed by atoms with van der Waals surface area (Å²) in [7, 11) is 0. The monoisotopic (exact) mass is 324 g/mol. The van der Waals surface area contributed by atoms with Crippen LogP contribution in [0, 0.1) is 0 Å². The van der Waals surface area contributed by atoms with E-state index in [1.807, 2.05) is 30.4 Å². The van der Waals surface area contributed by atoms with Gasteiger partial charge in [-0.25, -0.2) is 4.79 Å². The van der Waals surface area contributed by atoms with E-state index in [0.717, 1.165) is 38.5 Å². The van der Waals surface area contributed by atoms with Crippen LogP contribution < -0.4 is 0 Å². The number of allylic oxidation sites excluding steroid dienone is 4. The maximum Gasteiger partial charge on any atom is 0.329 e. The Hall–Kier alpha value is -1.39. The zero-order chi connectivity index (χ0) is 17.2. The molecule has 0 bridgehead atoms. The van der Waals surface area contributed by atoms with Crippen molar-refractivity contribution >= 4 is 5.97 Å². The Balaban J connectivity index is 3.43. The van der Waals surface area contributed by atoms with Crippen molar-refractivity contribution in [1.29, 1.82) is 0 Å². The number of ether oxygens (including phenoxy) is 1. The normalized spacial score (nSPS) is 13.5. The lowest BCUT2D eigenvalue weighted by molar-refractivity contribution is -0.141. The van der Waals surface area contributed by atoms with Crippen LogP contribution >= 0.6 is 0 Å². The molecule has 0 saturated carbocycles. The number of aliphatic hydroxyl groups excluding tert-OH is 1. The first kappa shape index (κ1) is 21.6. The molecule has 0 aliphatic rings. The van der Waals surface area contributed by atoms with Gasteiger partial charge >= 0.3 is 5.97 Å². The number of hydrogen-bond acceptors (Lipinski definition) is 3. The Labute approximate surface area is 140 Å². The Kier molecular flexibility index (Phi) is 15.9. The van der Waals surface area contributed by atoms with E-state index in [-0.39, 0.29) is 12.7 Å². The predicted molar refractivity (Wildman–Crippen MR) is 94.5 cm³/mol. The number of aliphatic carboxylic acids is 1. The van der Waals surface area contributed by atoms with Gasteiger partial charge < -0.3 is 14.9 Å². The number of unbranched alkanes of at least 4 members (excludes halogenated alkanes) is 5. The van der Waals surface area contributed by atoms with Crippen molar-refractivity contribution in [1.82, 2.24) is 0 Å². The lowest BCUT2D eigenvalue weighted by Gasteiger charge is -2.03. The summed E-state index contributed by atoms with van der Waals surface area (Å²) in [6, 6.07) is 0. The van der Waals surface area contributed by atoms with E-state index in [1.54, 1.807) is 0 Å². The number of carboxylic acids is 1. The number of hydrogen-bond donors (Lipinski definition) is 2. The molecule has 4 heteroatoms. The maximum absolute atomic E-state index is 10.2. The van der Waals surface area contributed by atoms with Crippen molar-refractivity contribution in [2.45, 2.75) is 64.4 Å². The highest BCUT2D eigenvalue weighted by Crippen LogP contribution is 2.05. The van der Waals surface area contributed by atoms with Crippen molar-refractivity contribution in [3.63, 3.8) is 0 Å². The van der Waals surface area contributed by atoms with Gasteiger partial charge in [-0.15, -0.1) is 0 Å². The number of carboxylic acid groups (broad SMARTS) is 1. The lowest BCUT2D eigenvalue weighted by Crippen LogP contribution is -2.06. The van der Waals surface area contributed by atoms with Crippen molar-refractivity contribution in [2.75, 3.05) is 13.2 Å². The third-order valence-corrected chi connectivity index (χ3v) is 3.28. The van der Waals surface area contributed by atoms with Gasteiger partial charge in [-0.3, -0.25) is 0 Å². The summed E-state index contributed by atoms with van der Waals surface area (Å²) in [5.74, 6) is -0.937. The fraction of sp³-hybridized carbons (Fsp3) is 0.632. The molecule has 0 aromatic rings. The van der Waals surface area contributed by atoms with E-state index >= 15 is 0 Å². The van der Waals surface area contributed by atoms with Crippen LogP contribution in [0.1, 0.15) is 58.3 Å². The summed E-state index contributed by atoms with van der Waals surface area (Å²) in [4.78, 5) is 10.2. The average molecular weight is 324 g/mol. The second-order valence-corrected chi connectivity index (χ2v) is 5.54. The van der Waals surface area contributed by atoms with Crippen LogP contribution in [0.3, 0.4) is 0 Å². The lowest BCUT2D eigenvalue weighted by atomic mass is 10.1. The van der Waals surface area contributed by atoms with Crippen LogP contribution in [0.25, 0.3) is 0 Å². The Morgan fingerprint density at radius 1 is 1.04 bits per heavy atom. The molecule has 0 aromatic heterocycles. The van der Waals surface area contributed by atoms with Crippen LogP contribution in [0.5, 0.6) is 0 Å². The molecule has 0 aliphatic heterocycles. The van der Waals surface area contributed by atoms with E-state index in [1.165, 1.54) is 12.8 Å². The molecule has 0 aliphatic carbocycles. The highest BCUT2D eigenvalue weighted by molar-refractivity contribution is 5.67. The van der Waals surface area contributed by atoms with E-state index in [2.05, 4.69) is 13.0 Å². The van der Waals surface area contributed by atoms with Crippen LogP contribution in [0.15, 0.2) is 36.5 Å². The quantitative estimate of drug-likeness (QED) is 0.268. The summed E-state index contributed by atoms with van der Waals surface area (Å²) in [6.45, 7) is 2.28. The van der Waals surface area contributed by atoms with Crippen LogP contribution in [0.4, 0.5) is 0 Å². The van der Waals surface area contributed by atoms with Crippen molar-refractivity contribution in [2.24, 2.45) is 0 Å². The second-order valence-electron chi connectivity index (χ2n) is 5.54. The molecular weight excluding hydrogens is 292 g/mol. The largest absolute Gasteiger partial charge is 0.480 e. The first-order valence-electron chi connectivity index (χ1n) is 8.62. The van der Waals surface area contributed by atoms with Crippen LogP contribution in [-0.2, 0) is 9.53 Å². The highest BCUT2D eigenvalue weighted by atomic mass is 16.5. The SMILES string of the molecule is CCCCCC(O)/C=C/C=C/CCCC/C=C/COCC(=O)O. The number of aliphatic hydroxyl groups is 1. The topological polar surface area (TPSA) is 66.8 Å². The molecular formula is C19H32O4. The predicted octanol–water partition coefficient (Wildman–Crippen LogP) is 4.26. The third-order valence-electron chi connectivity index (χ3n) is 3.28. The first-order valence-corrected chi connectivity index (χ1v) is 8.62. The van der Waals surface area contributed by atoms with Gasteiger partial charge in [-0.2, -0.15) is 0 Å². The van der Waals surface area contributed by atoms with Gasteiger partial charge in [0.25, 0.3) is 0 Å². The van der Waals surface area contributed by atoms with Gasteiger partial charge in [-0.1, -0.05) is 62.6 Å². The summed E-state index contributed by atoms with van der Waals surface area (Å²) in [5.41, 5.74) is 0. The average Bonchev–Trinajstić information content (AvgIpc) is 2.51. The highest BCUT2D eigenvalue weighted by Gasteiger charge is 1.96. The zero-order valence-corrected chi connectivity index (χ0v) is 14.3. The molecule has 0 amide bonds. The Morgan fingerprint density at radius 3 is 2.48 bits per heavy atom. The van der Waals surface area contributed by atoms with Crippen LogP contribution in [0.2, 0.25) is 0 Å². The molecule has 132 valence electrons. The molecule has 0 rings (SSSR count). The van der Waals surface area contributed by atoms with E-state index in [4.69, 9.17) is 9.84 Å². The number of carbonyl (C=O) groups is 1. The Morgan fingerprint density at radius 2 is 1.78 bits per heavy atom. The van der Waals surface area contributed by atoms with Crippen LogP contribution in [-0.4, -0.2) is 35.5 Å². The van der Waals surface area contributed by atoms with E-state index in [9.17, 15) is 9.90 Å². The summed E-state index contributed by atoms with van der Waals surface area (Å²) < 4.78 is 4.89. The smallest absolute Gasteiger partial charge is 0.329 e. The Bertz CT molecular complexity index is 358. The molecule has 0 fully saturated rings. The minimum Gasteiger partial charge on any atom is -0.480 e. The minimum absolute atomic E-state index is 0.240. The molecule has 2 N–H and O–H groups in total. The van der Waals surface area contributed by atoms with Gasteiger partial charge in [0.2, 0.25) is 0 Å². The molecule has 1 unspecified atom stereocenters. The number of rotatable bonds is 15. The molecule has 4 nitrogen and oxygen atoms in total. The minimum atomic E-state index is -0.937. The van der Waals surface area contributed by atoms with Crippen molar-refractivity contribution in [3.8, 4) is 0 Å². The third kappa shape index (κ3) is 18.6. The van der Waals surface area contributed by atoms with Gasteiger partial charge in [0, 0.05) is 0 Å². The van der Waals surface area contributed by atoms with E-state index in [0.29, 0.717) is 6.61 Å².